The number of benzene rings is 1. The molecule has 0 bridgehead atoms. The number of sulfonamides is 1. The Hall–Kier alpha value is -2.75. The summed E-state index contributed by atoms with van der Waals surface area (Å²) in [5.74, 6) is -4.51. The fourth-order valence-electron chi connectivity index (χ4n) is 5.27. The number of ether oxygens (including phenoxy) is 1. The second kappa shape index (κ2) is 11.3. The topological polar surface area (TPSA) is 138 Å². The van der Waals surface area contributed by atoms with Crippen molar-refractivity contribution < 1.29 is 36.6 Å². The van der Waals surface area contributed by atoms with Gasteiger partial charge in [-0.25, -0.2) is 31.3 Å². The number of aliphatic carboxylic acids is 1. The summed E-state index contributed by atoms with van der Waals surface area (Å²) in [4.78, 5) is 33.3. The van der Waals surface area contributed by atoms with Gasteiger partial charge in [0.25, 0.3) is 0 Å². The molecule has 0 amide bonds. The van der Waals surface area contributed by atoms with Gasteiger partial charge in [-0.15, -0.1) is 11.3 Å². The van der Waals surface area contributed by atoms with Gasteiger partial charge in [-0.2, -0.15) is 0 Å². The molecule has 1 aromatic heterocycles. The molecule has 3 heterocycles. The van der Waals surface area contributed by atoms with Crippen LogP contribution in [0.2, 0.25) is 0 Å². The zero-order valence-corrected chi connectivity index (χ0v) is 24.4. The van der Waals surface area contributed by atoms with E-state index in [0.29, 0.717) is 29.4 Å². The number of aliphatic imine (C=N–C) groups is 1. The number of methoxy groups -OCH3 is 1. The summed E-state index contributed by atoms with van der Waals surface area (Å²) in [7, 11) is -2.46. The van der Waals surface area contributed by atoms with E-state index in [1.54, 1.807) is 11.6 Å². The number of carbonyl (C=O) groups is 2. The lowest BCUT2D eigenvalue weighted by atomic mass is 9.85. The number of halogens is 3. The standard InChI is InChI=1S/C25H25BrF2N4O6S2/c1-38-25(35)17-20(12-4-7-32(8-5-12)40(36,37)14-10-13(11-14)24(33)34)30-22(23-29-6-9-39-23)31-21(17)15-2-3-16(27)19(28)18(15)26/h2-3,6,9,12-14,21H,4-5,7-8,10-11H2,1H3,(H,30,31)(H,33,34)/t13-,14-,21?. The van der Waals surface area contributed by atoms with Crippen molar-refractivity contribution in [3.8, 4) is 0 Å². The minimum atomic E-state index is -3.67. The van der Waals surface area contributed by atoms with E-state index >= 15 is 0 Å². The zero-order chi connectivity index (χ0) is 28.8. The summed E-state index contributed by atoms with van der Waals surface area (Å²) in [5.41, 5.74) is 0.782. The maximum atomic E-state index is 14.6. The Morgan fingerprint density at radius 1 is 1.23 bits per heavy atom. The van der Waals surface area contributed by atoms with Crippen molar-refractivity contribution in [3.63, 3.8) is 0 Å². The van der Waals surface area contributed by atoms with E-state index in [-0.39, 0.29) is 47.5 Å². The van der Waals surface area contributed by atoms with Crippen LogP contribution in [-0.2, 0) is 24.3 Å². The van der Waals surface area contributed by atoms with Crippen LogP contribution in [0.3, 0.4) is 0 Å². The SMILES string of the molecule is COC(=O)C1=C(C2CCN(S(=O)(=O)[C@H]3C[C@H](C(=O)O)C3)CC2)NC(c2nccs2)=NC1c1ccc(F)c(F)c1Br. The van der Waals surface area contributed by atoms with Gasteiger partial charge in [0.2, 0.25) is 10.0 Å². The first-order valence-corrected chi connectivity index (χ1v) is 15.6. The highest BCUT2D eigenvalue weighted by Gasteiger charge is 2.46. The lowest BCUT2D eigenvalue weighted by Crippen LogP contribution is -2.50. The monoisotopic (exact) mass is 658 g/mol. The number of carboxylic acids is 1. The molecule has 0 spiro atoms. The number of thiazole rings is 1. The fourth-order valence-corrected chi connectivity index (χ4v) is 8.49. The molecule has 3 aliphatic rings. The van der Waals surface area contributed by atoms with Gasteiger partial charge in [0.1, 0.15) is 6.04 Å². The molecule has 1 atom stereocenters. The molecule has 10 nitrogen and oxygen atoms in total. The number of piperidine rings is 1. The van der Waals surface area contributed by atoms with Gasteiger partial charge in [-0.05, 0) is 53.2 Å². The van der Waals surface area contributed by atoms with Crippen molar-refractivity contribution in [2.24, 2.45) is 16.8 Å². The number of nitrogens with zero attached hydrogens (tertiary/aromatic N) is 3. The Labute approximate surface area is 241 Å². The predicted octanol–water partition coefficient (Wildman–Crippen LogP) is 3.61. The van der Waals surface area contributed by atoms with Crippen LogP contribution in [-0.4, -0.2) is 66.0 Å². The minimum absolute atomic E-state index is 0.0925. The Kier molecular flexibility index (Phi) is 8.10. The van der Waals surface area contributed by atoms with Crippen LogP contribution in [0.1, 0.15) is 42.3 Å². The molecule has 2 aromatic rings. The van der Waals surface area contributed by atoms with Gasteiger partial charge in [0.05, 0.1) is 28.3 Å². The molecule has 1 aromatic carbocycles. The first kappa shape index (κ1) is 28.8. The lowest BCUT2D eigenvalue weighted by Gasteiger charge is -2.40. The number of carbonyl (C=O) groups excluding carboxylic acids is 1. The molecule has 0 radical (unpaired) electrons. The van der Waals surface area contributed by atoms with Crippen molar-refractivity contribution in [1.82, 2.24) is 14.6 Å². The maximum absolute atomic E-state index is 14.6. The second-order valence-corrected chi connectivity index (χ2v) is 13.7. The summed E-state index contributed by atoms with van der Waals surface area (Å²) in [5, 5.41) is 13.9. The highest BCUT2D eigenvalue weighted by Crippen LogP contribution is 2.42. The molecule has 2 N–H and O–H groups in total. The van der Waals surface area contributed by atoms with Crippen molar-refractivity contribution in [2.75, 3.05) is 20.2 Å². The number of rotatable bonds is 7. The fraction of sp³-hybridized carbons (Fsp3) is 0.440. The van der Waals surface area contributed by atoms with E-state index < -0.39 is 50.8 Å². The number of carboxylic acid groups (broad SMARTS) is 1. The predicted molar refractivity (Wildman–Crippen MR) is 145 cm³/mol. The van der Waals surface area contributed by atoms with E-state index in [4.69, 9.17) is 9.84 Å². The van der Waals surface area contributed by atoms with Gasteiger partial charge in [0.15, 0.2) is 22.5 Å². The van der Waals surface area contributed by atoms with E-state index in [1.807, 2.05) is 0 Å². The van der Waals surface area contributed by atoms with E-state index in [9.17, 15) is 26.8 Å². The van der Waals surface area contributed by atoms with Gasteiger partial charge in [-0.1, -0.05) is 6.07 Å². The zero-order valence-electron chi connectivity index (χ0n) is 21.1. The number of amidine groups is 1. The molecule has 5 rings (SSSR count). The molecule has 15 heteroatoms. The molecule has 1 aliphatic carbocycles. The quantitative estimate of drug-likeness (QED) is 0.340. The molecule has 1 saturated heterocycles. The van der Waals surface area contributed by atoms with Crippen molar-refractivity contribution >= 4 is 55.1 Å². The number of allylic oxidation sites excluding steroid dienone is 1. The van der Waals surface area contributed by atoms with Crippen molar-refractivity contribution in [1.29, 1.82) is 0 Å². The van der Waals surface area contributed by atoms with Gasteiger partial charge < -0.3 is 15.2 Å². The molecule has 1 saturated carbocycles. The third-order valence-electron chi connectivity index (χ3n) is 7.56. The Morgan fingerprint density at radius 2 is 1.93 bits per heavy atom. The van der Waals surface area contributed by atoms with Crippen LogP contribution in [0.25, 0.3) is 0 Å². The normalized spacial score (nSPS) is 24.2. The number of nitrogens with one attached hydrogen (secondary N) is 1. The van der Waals surface area contributed by atoms with Crippen LogP contribution in [0.15, 0.2) is 44.4 Å². The number of esters is 1. The smallest absolute Gasteiger partial charge is 0.338 e. The number of hydrogen-bond donors (Lipinski definition) is 2. The largest absolute Gasteiger partial charge is 0.481 e. The summed E-state index contributed by atoms with van der Waals surface area (Å²) >= 11 is 4.42. The van der Waals surface area contributed by atoms with Crippen LogP contribution in [0, 0.1) is 23.5 Å². The molecular weight excluding hydrogens is 634 g/mol. The summed E-state index contributed by atoms with van der Waals surface area (Å²) in [6.07, 6.45) is 2.48. The van der Waals surface area contributed by atoms with E-state index in [0.717, 1.165) is 6.07 Å². The first-order valence-electron chi connectivity index (χ1n) is 12.4. The van der Waals surface area contributed by atoms with Crippen LogP contribution < -0.4 is 5.32 Å². The van der Waals surface area contributed by atoms with Gasteiger partial charge in [-0.3, -0.25) is 9.79 Å². The highest BCUT2D eigenvalue weighted by molar-refractivity contribution is 9.10. The molecule has 214 valence electrons. The number of aromatic nitrogens is 1. The average Bonchev–Trinajstić information content (AvgIpc) is 3.45. The first-order chi connectivity index (χ1) is 19.0. The molecule has 2 fully saturated rings. The van der Waals surface area contributed by atoms with Crippen LogP contribution >= 0.6 is 27.3 Å². The lowest BCUT2D eigenvalue weighted by molar-refractivity contribution is -0.144. The molecule has 1 unspecified atom stereocenters. The van der Waals surface area contributed by atoms with Crippen LogP contribution in [0.4, 0.5) is 8.78 Å². The minimum Gasteiger partial charge on any atom is -0.481 e. The second-order valence-electron chi connectivity index (χ2n) is 9.77. The third-order valence-corrected chi connectivity index (χ3v) is 11.5. The van der Waals surface area contributed by atoms with Crippen molar-refractivity contribution in [3.05, 3.63) is 61.7 Å². The Bertz CT molecular complexity index is 1500. The Balaban J connectivity index is 1.48. The summed E-state index contributed by atoms with van der Waals surface area (Å²) in [6.45, 7) is 0.342. The average molecular weight is 660 g/mol. The third kappa shape index (κ3) is 5.19. The molecular formula is C25H25BrF2N4O6S2. The van der Waals surface area contributed by atoms with Crippen LogP contribution in [0.5, 0.6) is 0 Å². The molecule has 2 aliphatic heterocycles. The molecule has 40 heavy (non-hydrogen) atoms. The summed E-state index contributed by atoms with van der Waals surface area (Å²) in [6, 6.07) is 1.25. The maximum Gasteiger partial charge on any atom is 0.338 e. The van der Waals surface area contributed by atoms with E-state index in [2.05, 4.69) is 31.2 Å². The van der Waals surface area contributed by atoms with Crippen molar-refractivity contribution in [2.45, 2.75) is 37.0 Å². The van der Waals surface area contributed by atoms with Gasteiger partial charge in [0, 0.05) is 36.3 Å². The Morgan fingerprint density at radius 3 is 2.52 bits per heavy atom. The van der Waals surface area contributed by atoms with Gasteiger partial charge >= 0.3 is 11.9 Å². The highest BCUT2D eigenvalue weighted by atomic mass is 79.9. The number of hydrogen-bond acceptors (Lipinski definition) is 9. The summed E-state index contributed by atoms with van der Waals surface area (Å²) < 4.78 is 61.0. The van der Waals surface area contributed by atoms with E-state index in [1.165, 1.54) is 28.8 Å².